The van der Waals surface area contributed by atoms with Crippen LogP contribution in [0.4, 0.5) is 0 Å². The molecule has 1 aliphatic heterocycles. The quantitative estimate of drug-likeness (QED) is 0.395. The number of halogens is 2. The van der Waals surface area contributed by atoms with Gasteiger partial charge in [-0.2, -0.15) is 8.42 Å². The van der Waals surface area contributed by atoms with Gasteiger partial charge in [-0.05, 0) is 43.2 Å². The van der Waals surface area contributed by atoms with Crippen molar-refractivity contribution in [3.05, 3.63) is 83.4 Å². The highest BCUT2D eigenvalue weighted by atomic mass is 35.5. The van der Waals surface area contributed by atoms with E-state index in [4.69, 9.17) is 25.3 Å². The maximum atomic E-state index is 12.5. The summed E-state index contributed by atoms with van der Waals surface area (Å²) in [7, 11) is -3.87. The van der Waals surface area contributed by atoms with E-state index in [9.17, 15) is 8.42 Å². The molecule has 33 heavy (non-hydrogen) atoms. The van der Waals surface area contributed by atoms with Crippen molar-refractivity contribution >= 4 is 34.1 Å². The van der Waals surface area contributed by atoms with Crippen LogP contribution in [0.5, 0.6) is 0 Å². The average Bonchev–Trinajstić information content (AvgIpc) is 3.43. The van der Waals surface area contributed by atoms with E-state index in [2.05, 4.69) is 4.98 Å². The number of aryl methyl sites for hydroxylation is 2. The average molecular weight is 513 g/mol. The molecule has 0 aliphatic carbocycles. The molecule has 0 unspecified atom stereocenters. The third-order valence-corrected chi connectivity index (χ3v) is 6.87. The Morgan fingerprint density at radius 2 is 1.91 bits per heavy atom. The van der Waals surface area contributed by atoms with Crippen molar-refractivity contribution in [2.45, 2.75) is 43.1 Å². The minimum absolute atomic E-state index is 0. The van der Waals surface area contributed by atoms with Crippen LogP contribution in [0.25, 0.3) is 0 Å². The Labute approximate surface area is 205 Å². The zero-order valence-corrected chi connectivity index (χ0v) is 20.5. The summed E-state index contributed by atoms with van der Waals surface area (Å²) < 4.78 is 44.5. The highest BCUT2D eigenvalue weighted by Crippen LogP contribution is 2.31. The maximum Gasteiger partial charge on any atom is 0.297 e. The molecule has 1 fully saturated rings. The Balaban J connectivity index is 0.00000306. The van der Waals surface area contributed by atoms with Gasteiger partial charge in [0, 0.05) is 23.8 Å². The van der Waals surface area contributed by atoms with Crippen LogP contribution in [0.1, 0.15) is 17.5 Å². The second kappa shape index (κ2) is 11.0. The molecule has 2 atom stereocenters. The molecule has 7 nitrogen and oxygen atoms in total. The molecule has 0 bridgehead atoms. The van der Waals surface area contributed by atoms with Gasteiger partial charge in [0.05, 0.1) is 31.0 Å². The van der Waals surface area contributed by atoms with Gasteiger partial charge in [0.25, 0.3) is 10.1 Å². The van der Waals surface area contributed by atoms with E-state index in [1.807, 2.05) is 42.0 Å². The van der Waals surface area contributed by atoms with Crippen molar-refractivity contribution in [3.63, 3.8) is 0 Å². The summed E-state index contributed by atoms with van der Waals surface area (Å²) in [5.74, 6) is -0.915. The van der Waals surface area contributed by atoms with Crippen molar-refractivity contribution in [2.24, 2.45) is 0 Å². The van der Waals surface area contributed by atoms with Crippen LogP contribution in [-0.2, 0) is 36.7 Å². The van der Waals surface area contributed by atoms with Crippen molar-refractivity contribution < 1.29 is 22.1 Å². The number of ether oxygens (including phenoxy) is 2. The van der Waals surface area contributed by atoms with Crippen molar-refractivity contribution in [3.8, 4) is 0 Å². The standard InChI is InChI=1S/C23H25ClN2O5S.ClH/c1-18-2-8-22(9-3-18)32(27,28)30-15-21-14-29-23(31-21,16-26-13-12-25-17-26)11-10-19-4-6-20(24)7-5-19;/h2-9,12-13,17,21H,10-11,14-16H2,1H3;1H/t21-,23-;/m0./s1. The lowest BCUT2D eigenvalue weighted by atomic mass is 10.0. The van der Waals surface area contributed by atoms with Gasteiger partial charge < -0.3 is 14.0 Å². The van der Waals surface area contributed by atoms with Gasteiger partial charge in [-0.3, -0.25) is 4.18 Å². The lowest BCUT2D eigenvalue weighted by Gasteiger charge is -2.28. The fraction of sp³-hybridized carbons (Fsp3) is 0.348. The first-order chi connectivity index (χ1) is 15.3. The molecule has 0 saturated carbocycles. The largest absolute Gasteiger partial charge is 0.345 e. The minimum Gasteiger partial charge on any atom is -0.345 e. The summed E-state index contributed by atoms with van der Waals surface area (Å²) in [4.78, 5) is 4.20. The molecule has 0 amide bonds. The fourth-order valence-corrected chi connectivity index (χ4v) is 4.64. The Morgan fingerprint density at radius 1 is 1.18 bits per heavy atom. The van der Waals surface area contributed by atoms with Crippen LogP contribution in [0.15, 0.2) is 72.1 Å². The van der Waals surface area contributed by atoms with E-state index in [-0.39, 0.29) is 30.5 Å². The Bertz CT molecular complexity index is 1120. The Morgan fingerprint density at radius 3 is 2.58 bits per heavy atom. The van der Waals surface area contributed by atoms with E-state index in [1.54, 1.807) is 24.7 Å². The van der Waals surface area contributed by atoms with Crippen molar-refractivity contribution in [1.29, 1.82) is 0 Å². The number of imidazole rings is 1. The number of hydrogen-bond acceptors (Lipinski definition) is 6. The second-order valence-electron chi connectivity index (χ2n) is 7.87. The minimum atomic E-state index is -3.87. The van der Waals surface area contributed by atoms with Gasteiger partial charge in [-0.1, -0.05) is 41.4 Å². The SMILES string of the molecule is Cc1ccc(S(=O)(=O)OC[C@@H]2CO[C@](CCc3ccc(Cl)cc3)(Cn3ccnc3)O2)cc1.Cl. The van der Waals surface area contributed by atoms with E-state index in [0.717, 1.165) is 11.1 Å². The highest BCUT2D eigenvalue weighted by molar-refractivity contribution is 7.86. The van der Waals surface area contributed by atoms with E-state index in [0.29, 0.717) is 24.4 Å². The second-order valence-corrected chi connectivity index (χ2v) is 9.93. The van der Waals surface area contributed by atoms with Crippen LogP contribution < -0.4 is 0 Å². The molecule has 1 aliphatic rings. The van der Waals surface area contributed by atoms with Crippen LogP contribution in [0.2, 0.25) is 5.02 Å². The molecule has 4 rings (SSSR count). The molecule has 3 aromatic rings. The Hall–Kier alpha value is -1.94. The maximum absolute atomic E-state index is 12.5. The molecule has 0 radical (unpaired) electrons. The molecule has 1 saturated heterocycles. The van der Waals surface area contributed by atoms with Gasteiger partial charge in [-0.15, -0.1) is 12.4 Å². The zero-order chi connectivity index (χ0) is 22.6. The molecule has 10 heteroatoms. The van der Waals surface area contributed by atoms with E-state index >= 15 is 0 Å². The number of benzene rings is 2. The molecule has 2 heterocycles. The summed E-state index contributed by atoms with van der Waals surface area (Å²) in [6.45, 7) is 2.44. The fourth-order valence-electron chi connectivity index (χ4n) is 3.57. The lowest BCUT2D eigenvalue weighted by Crippen LogP contribution is -2.37. The van der Waals surface area contributed by atoms with E-state index in [1.165, 1.54) is 12.1 Å². The summed E-state index contributed by atoms with van der Waals surface area (Å²) in [6.07, 6.45) is 6.00. The molecule has 1 aromatic heterocycles. The summed E-state index contributed by atoms with van der Waals surface area (Å²) in [6, 6.07) is 14.2. The topological polar surface area (TPSA) is 79.7 Å². The number of rotatable bonds is 9. The first kappa shape index (κ1) is 25.7. The van der Waals surface area contributed by atoms with Gasteiger partial charge in [-0.25, -0.2) is 4.98 Å². The van der Waals surface area contributed by atoms with Crippen LogP contribution >= 0.6 is 24.0 Å². The third kappa shape index (κ3) is 6.79. The van der Waals surface area contributed by atoms with Crippen molar-refractivity contribution in [2.75, 3.05) is 13.2 Å². The van der Waals surface area contributed by atoms with Gasteiger partial charge in [0.1, 0.15) is 6.10 Å². The molecule has 0 N–H and O–H groups in total. The predicted octanol–water partition coefficient (Wildman–Crippen LogP) is 4.42. The first-order valence-electron chi connectivity index (χ1n) is 10.3. The van der Waals surface area contributed by atoms with Crippen LogP contribution in [-0.4, -0.2) is 43.1 Å². The molecular formula is C23H26Cl2N2O5S. The molecular weight excluding hydrogens is 487 g/mol. The van der Waals surface area contributed by atoms with Crippen LogP contribution in [0, 0.1) is 6.92 Å². The summed E-state index contributed by atoms with van der Waals surface area (Å²) in [5, 5.41) is 0.683. The van der Waals surface area contributed by atoms with Gasteiger partial charge >= 0.3 is 0 Å². The smallest absolute Gasteiger partial charge is 0.297 e. The Kier molecular flexibility index (Phi) is 8.55. The van der Waals surface area contributed by atoms with Gasteiger partial charge in [0.2, 0.25) is 0 Å². The zero-order valence-electron chi connectivity index (χ0n) is 18.1. The number of hydrogen-bond donors (Lipinski definition) is 0. The number of nitrogens with zero attached hydrogens (tertiary/aromatic N) is 2. The summed E-state index contributed by atoms with van der Waals surface area (Å²) >= 11 is 5.98. The molecule has 0 spiro atoms. The van der Waals surface area contributed by atoms with Crippen LogP contribution in [0.3, 0.4) is 0 Å². The van der Waals surface area contributed by atoms with E-state index < -0.39 is 22.0 Å². The molecule has 2 aromatic carbocycles. The van der Waals surface area contributed by atoms with Crippen molar-refractivity contribution in [1.82, 2.24) is 9.55 Å². The first-order valence-corrected chi connectivity index (χ1v) is 12.1. The predicted molar refractivity (Wildman–Crippen MR) is 127 cm³/mol. The summed E-state index contributed by atoms with van der Waals surface area (Å²) in [5.41, 5.74) is 2.08. The number of aromatic nitrogens is 2. The molecule has 178 valence electrons. The third-order valence-electron chi connectivity index (χ3n) is 5.32. The highest BCUT2D eigenvalue weighted by Gasteiger charge is 2.42. The monoisotopic (exact) mass is 512 g/mol. The normalized spacial score (nSPS) is 20.5. The van der Waals surface area contributed by atoms with Gasteiger partial charge in [0.15, 0.2) is 5.79 Å². The lowest BCUT2D eigenvalue weighted by molar-refractivity contribution is -0.184.